The van der Waals surface area contributed by atoms with Crippen molar-refractivity contribution in [3.05, 3.63) is 46.2 Å². The number of fused-ring (bicyclic) bond motifs is 1. The largest absolute Gasteiger partial charge is 0.493 e. The second kappa shape index (κ2) is 10.9. The van der Waals surface area contributed by atoms with E-state index in [2.05, 4.69) is 20.5 Å². The number of Topliss-reactive ketones (excluding diaryl/α,β-unsaturated/α-hetero) is 1. The highest BCUT2D eigenvalue weighted by molar-refractivity contribution is 5.97. The zero-order chi connectivity index (χ0) is 26.6. The molecule has 0 aliphatic carbocycles. The molecule has 11 nitrogen and oxygen atoms in total. The highest BCUT2D eigenvalue weighted by atomic mass is 16.5. The number of ketones is 1. The van der Waals surface area contributed by atoms with Crippen molar-refractivity contribution in [3.8, 4) is 11.5 Å². The normalized spacial score (nSPS) is 12.2. The second-order valence-corrected chi connectivity index (χ2v) is 9.29. The number of nitrogens with zero attached hydrogens (tertiary/aromatic N) is 5. The summed E-state index contributed by atoms with van der Waals surface area (Å²) < 4.78 is 14.2. The van der Waals surface area contributed by atoms with Crippen LogP contribution < -0.4 is 20.4 Å². The molecule has 36 heavy (non-hydrogen) atoms. The number of aliphatic hydroxyl groups excluding tert-OH is 1. The summed E-state index contributed by atoms with van der Waals surface area (Å²) in [4.78, 5) is 30.1. The zero-order valence-electron chi connectivity index (χ0n) is 21.9. The molecule has 1 aromatic carbocycles. The van der Waals surface area contributed by atoms with E-state index >= 15 is 0 Å². The summed E-state index contributed by atoms with van der Waals surface area (Å²) in [7, 11) is 3.12. The quantitative estimate of drug-likeness (QED) is 0.429. The first-order chi connectivity index (χ1) is 17.0. The van der Waals surface area contributed by atoms with Gasteiger partial charge in [0, 0.05) is 24.7 Å². The van der Waals surface area contributed by atoms with E-state index in [1.165, 1.54) is 9.20 Å². The first-order valence-electron chi connectivity index (χ1n) is 11.7. The van der Waals surface area contributed by atoms with E-state index in [1.807, 2.05) is 34.6 Å². The molecule has 0 aliphatic heterocycles. The lowest BCUT2D eigenvalue weighted by molar-refractivity contribution is 0.0944. The SMILES string of the molecule is CCNC(=O)c1cc(C)c2nn(CC(=O)c3cc(OCCO)c(OC)c(C(C)(C)C)c3)c(=NC)n2n1. The standard InChI is InChI=1S/C25H34N6O5/c1-8-27-23(34)18-11-15(2)22-29-30(24(26-6)31(22)28-18)14-19(33)16-12-17(25(3,4)5)21(35-7)20(13-16)36-10-9-32/h11-13,32H,8-10,14H2,1-7H3,(H,27,34). The molecule has 0 atom stereocenters. The number of methoxy groups -OCH3 is 1. The van der Waals surface area contributed by atoms with Crippen LogP contribution in [-0.4, -0.2) is 70.1 Å². The number of carbonyl (C=O) groups excluding carboxylic acids is 2. The average Bonchev–Trinajstić information content (AvgIpc) is 3.18. The maximum atomic E-state index is 13.5. The van der Waals surface area contributed by atoms with Crippen molar-refractivity contribution < 1.29 is 24.2 Å². The van der Waals surface area contributed by atoms with Gasteiger partial charge in [-0.25, -0.2) is 4.68 Å². The monoisotopic (exact) mass is 498 g/mol. The van der Waals surface area contributed by atoms with E-state index in [4.69, 9.17) is 9.47 Å². The minimum atomic E-state index is -0.338. The topological polar surface area (TPSA) is 132 Å². The zero-order valence-corrected chi connectivity index (χ0v) is 21.9. The lowest BCUT2D eigenvalue weighted by Crippen LogP contribution is -2.29. The minimum absolute atomic E-state index is 0.0660. The van der Waals surface area contributed by atoms with E-state index in [1.54, 1.807) is 32.4 Å². The van der Waals surface area contributed by atoms with Crippen molar-refractivity contribution in [2.75, 3.05) is 33.9 Å². The fourth-order valence-corrected chi connectivity index (χ4v) is 3.85. The summed E-state index contributed by atoms with van der Waals surface area (Å²) in [6, 6.07) is 5.06. The third-order valence-corrected chi connectivity index (χ3v) is 5.55. The number of hydrogen-bond acceptors (Lipinski definition) is 8. The predicted octanol–water partition coefficient (Wildman–Crippen LogP) is 1.68. The third kappa shape index (κ3) is 5.40. The molecule has 1 amide bonds. The van der Waals surface area contributed by atoms with E-state index in [-0.39, 0.29) is 42.6 Å². The van der Waals surface area contributed by atoms with Crippen LogP contribution in [0.1, 0.15) is 59.7 Å². The Balaban J connectivity index is 2.08. The smallest absolute Gasteiger partial charge is 0.271 e. The van der Waals surface area contributed by atoms with Crippen LogP contribution in [0.3, 0.4) is 0 Å². The Morgan fingerprint density at radius 2 is 1.92 bits per heavy atom. The molecule has 0 radical (unpaired) electrons. The number of nitrogens with one attached hydrogen (secondary N) is 1. The van der Waals surface area contributed by atoms with Gasteiger partial charge in [0.2, 0.25) is 5.62 Å². The van der Waals surface area contributed by atoms with Crippen LogP contribution in [-0.2, 0) is 12.0 Å². The molecule has 194 valence electrons. The maximum Gasteiger partial charge on any atom is 0.271 e. The Morgan fingerprint density at radius 1 is 1.19 bits per heavy atom. The molecule has 0 fully saturated rings. The second-order valence-electron chi connectivity index (χ2n) is 9.29. The molecule has 0 unspecified atom stereocenters. The summed E-state index contributed by atoms with van der Waals surface area (Å²) in [5.74, 6) is 0.378. The van der Waals surface area contributed by atoms with Gasteiger partial charge in [-0.1, -0.05) is 20.8 Å². The van der Waals surface area contributed by atoms with E-state index in [0.717, 1.165) is 11.1 Å². The van der Waals surface area contributed by atoms with Gasteiger partial charge in [-0.05, 0) is 43.0 Å². The number of rotatable bonds is 9. The fourth-order valence-electron chi connectivity index (χ4n) is 3.85. The number of ether oxygens (including phenoxy) is 2. The van der Waals surface area contributed by atoms with Crippen LogP contribution in [0.2, 0.25) is 0 Å². The van der Waals surface area contributed by atoms with Crippen LogP contribution in [0.5, 0.6) is 11.5 Å². The first kappa shape index (κ1) is 26.9. The van der Waals surface area contributed by atoms with Gasteiger partial charge in [0.25, 0.3) is 5.91 Å². The van der Waals surface area contributed by atoms with Gasteiger partial charge in [-0.3, -0.25) is 14.6 Å². The van der Waals surface area contributed by atoms with Crippen LogP contribution in [0.4, 0.5) is 0 Å². The summed E-state index contributed by atoms with van der Waals surface area (Å²) in [5, 5.41) is 20.9. The molecule has 0 spiro atoms. The molecule has 2 N–H and O–H groups in total. The maximum absolute atomic E-state index is 13.5. The van der Waals surface area contributed by atoms with Crippen molar-refractivity contribution in [1.82, 2.24) is 24.7 Å². The minimum Gasteiger partial charge on any atom is -0.493 e. The Morgan fingerprint density at radius 3 is 2.50 bits per heavy atom. The molecule has 0 saturated heterocycles. The Hall–Kier alpha value is -3.73. The molecule has 3 aromatic rings. The molecule has 2 aromatic heterocycles. The van der Waals surface area contributed by atoms with Gasteiger partial charge >= 0.3 is 0 Å². The van der Waals surface area contributed by atoms with Gasteiger partial charge in [0.1, 0.15) is 18.8 Å². The average molecular weight is 499 g/mol. The van der Waals surface area contributed by atoms with E-state index < -0.39 is 0 Å². The molecule has 11 heteroatoms. The van der Waals surface area contributed by atoms with Gasteiger partial charge in [-0.15, -0.1) is 5.10 Å². The summed E-state index contributed by atoms with van der Waals surface area (Å²) >= 11 is 0. The van der Waals surface area contributed by atoms with E-state index in [0.29, 0.717) is 34.9 Å². The van der Waals surface area contributed by atoms with Crippen LogP contribution in [0, 0.1) is 6.92 Å². The van der Waals surface area contributed by atoms with Crippen molar-refractivity contribution in [1.29, 1.82) is 0 Å². The van der Waals surface area contributed by atoms with Gasteiger partial charge < -0.3 is 19.9 Å². The lowest BCUT2D eigenvalue weighted by Gasteiger charge is -2.25. The van der Waals surface area contributed by atoms with Crippen molar-refractivity contribution >= 4 is 17.3 Å². The van der Waals surface area contributed by atoms with Crippen LogP contribution in [0.25, 0.3) is 5.65 Å². The fraction of sp³-hybridized carbons (Fsp3) is 0.480. The van der Waals surface area contributed by atoms with E-state index in [9.17, 15) is 14.7 Å². The first-order valence-corrected chi connectivity index (χ1v) is 11.7. The molecular weight excluding hydrogens is 464 g/mol. The molecular formula is C25H34N6O5. The Bertz CT molecular complexity index is 1350. The number of carbonyl (C=O) groups is 2. The lowest BCUT2D eigenvalue weighted by atomic mass is 9.84. The molecule has 2 heterocycles. The molecule has 3 rings (SSSR count). The van der Waals surface area contributed by atoms with Crippen LogP contribution in [0.15, 0.2) is 23.2 Å². The summed E-state index contributed by atoms with van der Waals surface area (Å²) in [6.07, 6.45) is 0. The number of aromatic nitrogens is 4. The third-order valence-electron chi connectivity index (χ3n) is 5.55. The van der Waals surface area contributed by atoms with Crippen LogP contribution >= 0.6 is 0 Å². The summed E-state index contributed by atoms with van der Waals surface area (Å²) in [6.45, 7) is 9.96. The Kier molecular flexibility index (Phi) is 8.13. The number of hydrogen-bond donors (Lipinski definition) is 2. The highest BCUT2D eigenvalue weighted by Gasteiger charge is 2.25. The van der Waals surface area contributed by atoms with Gasteiger partial charge in [0.15, 0.2) is 22.9 Å². The highest BCUT2D eigenvalue weighted by Crippen LogP contribution is 2.39. The van der Waals surface area contributed by atoms with Gasteiger partial charge in [-0.2, -0.15) is 9.61 Å². The Labute approximate surface area is 209 Å². The van der Waals surface area contributed by atoms with Crippen molar-refractivity contribution in [2.24, 2.45) is 4.99 Å². The van der Waals surface area contributed by atoms with Crippen molar-refractivity contribution in [3.63, 3.8) is 0 Å². The molecule has 0 bridgehead atoms. The number of aliphatic hydroxyl groups is 1. The van der Waals surface area contributed by atoms with Gasteiger partial charge in [0.05, 0.1) is 13.7 Å². The molecule has 0 saturated carbocycles. The number of aryl methyl sites for hydroxylation is 1. The van der Waals surface area contributed by atoms with Crippen molar-refractivity contribution in [2.45, 2.75) is 46.6 Å². The summed E-state index contributed by atoms with van der Waals surface area (Å²) in [5.41, 5.74) is 2.65. The number of benzene rings is 1. The number of amides is 1. The predicted molar refractivity (Wildman–Crippen MR) is 134 cm³/mol. The molecule has 0 aliphatic rings.